The van der Waals surface area contributed by atoms with Crippen molar-refractivity contribution in [2.45, 2.75) is 37.1 Å². The number of esters is 1. The quantitative estimate of drug-likeness (QED) is 0.564. The summed E-state index contributed by atoms with van der Waals surface area (Å²) in [6.07, 6.45) is 1.72. The van der Waals surface area contributed by atoms with Gasteiger partial charge in [0.15, 0.2) is 0 Å². The zero-order valence-electron chi connectivity index (χ0n) is 12.2. The zero-order valence-corrected chi connectivity index (χ0v) is 14.6. The summed E-state index contributed by atoms with van der Waals surface area (Å²) in [5.41, 5.74) is -0.612. The number of benzene rings is 1. The van der Waals surface area contributed by atoms with Crippen molar-refractivity contribution >= 4 is 33.7 Å². The Bertz CT molecular complexity index is 442. The lowest BCUT2D eigenvalue weighted by Gasteiger charge is -2.27. The molecular formula is C15H22BrNO2S. The number of thioether (sulfide) groups is 1. The van der Waals surface area contributed by atoms with Gasteiger partial charge in [0.2, 0.25) is 0 Å². The third-order valence-electron chi connectivity index (χ3n) is 3.10. The highest BCUT2D eigenvalue weighted by Crippen LogP contribution is 2.29. The topological polar surface area (TPSA) is 38.3 Å². The van der Waals surface area contributed by atoms with Crippen LogP contribution in [0.25, 0.3) is 0 Å². The molecule has 0 aliphatic carbocycles. The van der Waals surface area contributed by atoms with Crippen molar-refractivity contribution in [3.63, 3.8) is 0 Å². The van der Waals surface area contributed by atoms with Gasteiger partial charge in [0.1, 0.15) is 5.54 Å². The normalized spacial score (nSPS) is 13.8. The number of carbonyl (C=O) groups is 1. The molecule has 0 bridgehead atoms. The Morgan fingerprint density at radius 2 is 2.15 bits per heavy atom. The smallest absolute Gasteiger partial charge is 0.325 e. The molecule has 1 atom stereocenters. The molecule has 3 nitrogen and oxygen atoms in total. The van der Waals surface area contributed by atoms with E-state index in [0.29, 0.717) is 0 Å². The van der Waals surface area contributed by atoms with E-state index >= 15 is 0 Å². The van der Waals surface area contributed by atoms with E-state index in [-0.39, 0.29) is 5.97 Å². The van der Waals surface area contributed by atoms with Crippen LogP contribution in [0, 0.1) is 0 Å². The van der Waals surface area contributed by atoms with Gasteiger partial charge in [-0.25, -0.2) is 0 Å². The minimum absolute atomic E-state index is 0.196. The fraction of sp³-hybridized carbons (Fsp3) is 0.533. The van der Waals surface area contributed by atoms with Crippen molar-refractivity contribution in [3.8, 4) is 0 Å². The zero-order chi connectivity index (χ0) is 15.0. The predicted molar refractivity (Wildman–Crippen MR) is 88.2 cm³/mol. The molecule has 0 aromatic heterocycles. The Balaban J connectivity index is 2.58. The van der Waals surface area contributed by atoms with Gasteiger partial charge >= 0.3 is 5.97 Å². The van der Waals surface area contributed by atoms with Crippen LogP contribution >= 0.6 is 27.7 Å². The summed E-state index contributed by atoms with van der Waals surface area (Å²) < 4.78 is 6.01. The van der Waals surface area contributed by atoms with Crippen LogP contribution in [0.1, 0.15) is 26.7 Å². The average Bonchev–Trinajstić information content (AvgIpc) is 2.46. The molecule has 0 saturated heterocycles. The van der Waals surface area contributed by atoms with E-state index in [0.717, 1.165) is 29.6 Å². The highest BCUT2D eigenvalue weighted by atomic mass is 79.9. The number of hydrogen-bond donors (Lipinski definition) is 1. The summed E-state index contributed by atoms with van der Waals surface area (Å²) in [4.78, 5) is 13.1. The molecule has 0 heterocycles. The summed E-state index contributed by atoms with van der Waals surface area (Å²) in [5, 5.41) is 3.30. The van der Waals surface area contributed by atoms with Gasteiger partial charge < -0.3 is 10.1 Å². The molecule has 0 radical (unpaired) electrons. The van der Waals surface area contributed by atoms with Crippen LogP contribution in [0.15, 0.2) is 33.6 Å². The summed E-state index contributed by atoms with van der Waals surface area (Å²) >= 11 is 5.27. The molecule has 112 valence electrons. The average molecular weight is 360 g/mol. The number of hydrogen-bond acceptors (Lipinski definition) is 4. The van der Waals surface area contributed by atoms with Gasteiger partial charge in [-0.15, -0.1) is 11.8 Å². The second kappa shape index (κ2) is 8.70. The van der Waals surface area contributed by atoms with Crippen LogP contribution in [0.4, 0.5) is 0 Å². The maximum Gasteiger partial charge on any atom is 0.325 e. The van der Waals surface area contributed by atoms with Gasteiger partial charge in [-0.3, -0.25) is 4.79 Å². The number of rotatable bonds is 8. The minimum Gasteiger partial charge on any atom is -0.468 e. The summed E-state index contributed by atoms with van der Waals surface area (Å²) in [6, 6.07) is 8.11. The Morgan fingerprint density at radius 1 is 1.45 bits per heavy atom. The van der Waals surface area contributed by atoms with E-state index in [1.165, 1.54) is 12.0 Å². The summed E-state index contributed by atoms with van der Waals surface area (Å²) in [6.45, 7) is 4.81. The van der Waals surface area contributed by atoms with Crippen molar-refractivity contribution < 1.29 is 9.53 Å². The number of ether oxygens (including phenoxy) is 1. The van der Waals surface area contributed by atoms with Crippen LogP contribution in [0.3, 0.4) is 0 Å². The highest BCUT2D eigenvalue weighted by Gasteiger charge is 2.33. The number of nitrogens with one attached hydrogen (secondary N) is 1. The Hall–Kier alpha value is -0.520. The molecular weight excluding hydrogens is 338 g/mol. The lowest BCUT2D eigenvalue weighted by Crippen LogP contribution is -2.50. The molecule has 5 heteroatoms. The van der Waals surface area contributed by atoms with Crippen molar-refractivity contribution in [1.29, 1.82) is 0 Å². The van der Waals surface area contributed by atoms with Crippen LogP contribution in [-0.2, 0) is 9.53 Å². The predicted octanol–water partition coefficient (Wildman–Crippen LogP) is 3.86. The fourth-order valence-electron chi connectivity index (χ4n) is 1.82. The molecule has 1 aromatic carbocycles. The second-order valence-corrected chi connectivity index (χ2v) is 6.77. The van der Waals surface area contributed by atoms with Gasteiger partial charge in [0.25, 0.3) is 0 Å². The van der Waals surface area contributed by atoms with Gasteiger partial charge in [0.05, 0.1) is 7.11 Å². The van der Waals surface area contributed by atoms with Crippen LogP contribution in [0.5, 0.6) is 0 Å². The highest BCUT2D eigenvalue weighted by molar-refractivity contribution is 9.10. The SMILES string of the molecule is CCCNC(C)(CCSc1ccccc1Br)C(=O)OC. The van der Waals surface area contributed by atoms with Crippen molar-refractivity contribution in [2.24, 2.45) is 0 Å². The van der Waals surface area contributed by atoms with E-state index < -0.39 is 5.54 Å². The molecule has 1 aromatic rings. The van der Waals surface area contributed by atoms with Gasteiger partial charge in [-0.2, -0.15) is 0 Å². The first-order valence-electron chi connectivity index (χ1n) is 6.74. The van der Waals surface area contributed by atoms with E-state index in [1.807, 2.05) is 25.1 Å². The first-order chi connectivity index (χ1) is 9.53. The van der Waals surface area contributed by atoms with Crippen LogP contribution < -0.4 is 5.32 Å². The first kappa shape index (κ1) is 17.5. The maximum atomic E-state index is 11.9. The first-order valence-corrected chi connectivity index (χ1v) is 8.52. The van der Waals surface area contributed by atoms with Crippen molar-refractivity contribution in [3.05, 3.63) is 28.7 Å². The maximum absolute atomic E-state index is 11.9. The van der Waals surface area contributed by atoms with Crippen LogP contribution in [0.2, 0.25) is 0 Å². The Kier molecular flexibility index (Phi) is 7.62. The largest absolute Gasteiger partial charge is 0.468 e. The third-order valence-corrected chi connectivity index (χ3v) is 5.13. The van der Waals surface area contributed by atoms with E-state index in [4.69, 9.17) is 4.74 Å². The third kappa shape index (κ3) is 5.11. The van der Waals surface area contributed by atoms with Crippen molar-refractivity contribution in [2.75, 3.05) is 19.4 Å². The van der Waals surface area contributed by atoms with Gasteiger partial charge in [0, 0.05) is 15.1 Å². The minimum atomic E-state index is -0.612. The Morgan fingerprint density at radius 3 is 2.75 bits per heavy atom. The summed E-state index contributed by atoms with van der Waals surface area (Å²) in [7, 11) is 1.44. The van der Waals surface area contributed by atoms with Gasteiger partial charge in [-0.05, 0) is 54.4 Å². The summed E-state index contributed by atoms with van der Waals surface area (Å²) in [5.74, 6) is 0.656. The molecule has 1 N–H and O–H groups in total. The molecule has 0 fully saturated rings. The molecule has 0 saturated carbocycles. The van der Waals surface area contributed by atoms with E-state index in [2.05, 4.69) is 34.2 Å². The molecule has 20 heavy (non-hydrogen) atoms. The van der Waals surface area contributed by atoms with E-state index in [1.54, 1.807) is 11.8 Å². The standard InChI is InChI=1S/C15H22BrNO2S/c1-4-10-17-15(2,14(18)19-3)9-11-20-13-8-6-5-7-12(13)16/h5-8,17H,4,9-11H2,1-3H3. The Labute approximate surface area is 134 Å². The lowest BCUT2D eigenvalue weighted by molar-refractivity contribution is -0.148. The van der Waals surface area contributed by atoms with Gasteiger partial charge in [-0.1, -0.05) is 19.1 Å². The van der Waals surface area contributed by atoms with Crippen LogP contribution in [-0.4, -0.2) is 30.9 Å². The van der Waals surface area contributed by atoms with Crippen molar-refractivity contribution in [1.82, 2.24) is 5.32 Å². The molecule has 1 unspecified atom stereocenters. The second-order valence-electron chi connectivity index (χ2n) is 4.78. The monoisotopic (exact) mass is 359 g/mol. The molecule has 1 rings (SSSR count). The lowest BCUT2D eigenvalue weighted by atomic mass is 9.99. The molecule has 0 aliphatic heterocycles. The molecule has 0 amide bonds. The number of carbonyl (C=O) groups excluding carboxylic acids is 1. The van der Waals surface area contributed by atoms with E-state index in [9.17, 15) is 4.79 Å². The molecule has 0 spiro atoms. The number of halogens is 1. The fourth-order valence-corrected chi connectivity index (χ4v) is 3.55. The number of methoxy groups -OCH3 is 1. The molecule has 0 aliphatic rings.